The van der Waals surface area contributed by atoms with Gasteiger partial charge in [-0.25, -0.2) is 0 Å². The number of allylic oxidation sites excluding steroid dienone is 16. The van der Waals surface area contributed by atoms with Crippen LogP contribution in [0.15, 0.2) is 97.2 Å². The molecule has 9 nitrogen and oxygen atoms in total. The van der Waals surface area contributed by atoms with E-state index in [1.807, 2.05) is 88.0 Å². The molecule has 0 aliphatic carbocycles. The molecule has 0 aliphatic rings. The number of unbranched alkanes of at least 4 members (excludes halogenated alkanes) is 8. The summed E-state index contributed by atoms with van der Waals surface area (Å²) in [6.07, 6.45) is 43.0. The Hall–Kier alpha value is -3.07. The van der Waals surface area contributed by atoms with Gasteiger partial charge in [0.25, 0.3) is 7.82 Å². The Labute approximate surface area is 315 Å². The molecule has 0 aromatic carbocycles. The van der Waals surface area contributed by atoms with E-state index in [0.717, 1.165) is 64.2 Å². The Balaban J connectivity index is 4.58. The third-order valence-corrected chi connectivity index (χ3v) is 8.25. The lowest BCUT2D eigenvalue weighted by Crippen LogP contribution is -2.37. The third kappa shape index (κ3) is 36.7. The summed E-state index contributed by atoms with van der Waals surface area (Å²) < 4.78 is 33.7. The predicted molar refractivity (Wildman–Crippen MR) is 212 cm³/mol. The Bertz CT molecular complexity index is 1210. The lowest BCUT2D eigenvalue weighted by Gasteiger charge is -2.28. The van der Waals surface area contributed by atoms with E-state index in [9.17, 15) is 19.0 Å². The normalized spacial score (nSPS) is 14.8. The average molecular weight is 746 g/mol. The zero-order chi connectivity index (χ0) is 38.6. The van der Waals surface area contributed by atoms with Gasteiger partial charge in [-0.2, -0.15) is 0 Å². The maximum atomic E-state index is 12.6. The van der Waals surface area contributed by atoms with Gasteiger partial charge in [-0.3, -0.25) is 14.2 Å². The molecular formula is C42H68NO8P. The lowest BCUT2D eigenvalue weighted by molar-refractivity contribution is -0.870. The molecule has 294 valence electrons. The summed E-state index contributed by atoms with van der Waals surface area (Å²) in [5, 5.41) is 0. The van der Waals surface area contributed by atoms with Crippen LogP contribution in [0.2, 0.25) is 0 Å². The number of likely N-dealkylation sites (N-methyl/N-ethyl adjacent to an activating group) is 1. The molecule has 0 radical (unpaired) electrons. The number of rotatable bonds is 32. The first-order chi connectivity index (χ1) is 25.0. The van der Waals surface area contributed by atoms with Gasteiger partial charge >= 0.3 is 11.9 Å². The highest BCUT2D eigenvalue weighted by atomic mass is 31.2. The third-order valence-electron chi connectivity index (χ3n) is 7.29. The molecule has 52 heavy (non-hydrogen) atoms. The quantitative estimate of drug-likeness (QED) is 0.0220. The Morgan fingerprint density at radius 3 is 1.56 bits per heavy atom. The monoisotopic (exact) mass is 745 g/mol. The molecule has 0 spiro atoms. The number of esters is 2. The van der Waals surface area contributed by atoms with Gasteiger partial charge < -0.3 is 27.9 Å². The number of carbonyl (C=O) groups is 2. The van der Waals surface area contributed by atoms with Crippen LogP contribution in [0, 0.1) is 0 Å². The Morgan fingerprint density at radius 2 is 1.04 bits per heavy atom. The summed E-state index contributed by atoms with van der Waals surface area (Å²) in [5.74, 6) is -0.923. The van der Waals surface area contributed by atoms with Crippen molar-refractivity contribution in [1.29, 1.82) is 0 Å². The van der Waals surface area contributed by atoms with Gasteiger partial charge in [-0.1, -0.05) is 137 Å². The Morgan fingerprint density at radius 1 is 0.596 bits per heavy atom. The topological polar surface area (TPSA) is 111 Å². The van der Waals surface area contributed by atoms with Crippen molar-refractivity contribution >= 4 is 19.8 Å². The average Bonchev–Trinajstić information content (AvgIpc) is 3.09. The van der Waals surface area contributed by atoms with Crippen LogP contribution >= 0.6 is 7.82 Å². The first kappa shape index (κ1) is 48.9. The first-order valence-corrected chi connectivity index (χ1v) is 20.5. The number of quaternary nitrogens is 1. The molecule has 0 aromatic heterocycles. The van der Waals surface area contributed by atoms with Gasteiger partial charge in [0, 0.05) is 12.8 Å². The van der Waals surface area contributed by atoms with Crippen LogP contribution < -0.4 is 4.89 Å². The van der Waals surface area contributed by atoms with Crippen molar-refractivity contribution in [2.75, 3.05) is 47.5 Å². The van der Waals surface area contributed by atoms with E-state index >= 15 is 0 Å². The zero-order valence-electron chi connectivity index (χ0n) is 32.7. The summed E-state index contributed by atoms with van der Waals surface area (Å²) >= 11 is 0. The van der Waals surface area contributed by atoms with Crippen molar-refractivity contribution in [3.8, 4) is 0 Å². The van der Waals surface area contributed by atoms with E-state index in [2.05, 4.69) is 44.2 Å². The summed E-state index contributed by atoms with van der Waals surface area (Å²) in [7, 11) is 1.10. The van der Waals surface area contributed by atoms with Crippen LogP contribution in [-0.4, -0.2) is 70.0 Å². The van der Waals surface area contributed by atoms with E-state index in [1.165, 1.54) is 0 Å². The van der Waals surface area contributed by atoms with Gasteiger partial charge in [0.05, 0.1) is 27.7 Å². The second-order valence-corrected chi connectivity index (χ2v) is 14.8. The van der Waals surface area contributed by atoms with E-state index in [0.29, 0.717) is 23.9 Å². The van der Waals surface area contributed by atoms with Crippen molar-refractivity contribution in [3.63, 3.8) is 0 Å². The summed E-state index contributed by atoms with van der Waals surface area (Å²) in [6.45, 7) is 3.82. The van der Waals surface area contributed by atoms with E-state index < -0.39 is 32.5 Å². The molecule has 2 unspecified atom stereocenters. The smallest absolute Gasteiger partial charge is 0.306 e. The molecule has 0 N–H and O–H groups in total. The van der Waals surface area contributed by atoms with Crippen molar-refractivity contribution in [1.82, 2.24) is 0 Å². The highest BCUT2D eigenvalue weighted by Gasteiger charge is 2.21. The fourth-order valence-corrected chi connectivity index (χ4v) is 5.05. The molecule has 2 atom stereocenters. The van der Waals surface area contributed by atoms with Crippen LogP contribution in [-0.2, 0) is 32.7 Å². The van der Waals surface area contributed by atoms with Gasteiger partial charge in [-0.15, -0.1) is 0 Å². The molecule has 0 rings (SSSR count). The zero-order valence-corrected chi connectivity index (χ0v) is 33.6. The summed E-state index contributed by atoms with van der Waals surface area (Å²) in [6, 6.07) is 0. The fraction of sp³-hybridized carbons (Fsp3) is 0.571. The number of carbonyl (C=O) groups excluding carboxylic acids is 2. The second kappa shape index (κ2) is 33.7. The largest absolute Gasteiger partial charge is 0.756 e. The van der Waals surface area contributed by atoms with E-state index in [1.54, 1.807) is 0 Å². The van der Waals surface area contributed by atoms with Gasteiger partial charge in [0.1, 0.15) is 19.8 Å². The van der Waals surface area contributed by atoms with Gasteiger partial charge in [0.15, 0.2) is 6.10 Å². The molecule has 10 heteroatoms. The number of nitrogens with zero attached hydrogens (tertiary/aromatic N) is 1. The van der Waals surface area contributed by atoms with Crippen molar-refractivity contribution in [2.45, 2.75) is 110 Å². The minimum atomic E-state index is -4.64. The summed E-state index contributed by atoms with van der Waals surface area (Å²) in [5.41, 5.74) is 0. The van der Waals surface area contributed by atoms with E-state index in [-0.39, 0.29) is 26.1 Å². The molecule has 0 aromatic rings. The van der Waals surface area contributed by atoms with Gasteiger partial charge in [-0.05, 0) is 51.4 Å². The van der Waals surface area contributed by atoms with E-state index in [4.69, 9.17) is 18.5 Å². The lowest BCUT2D eigenvalue weighted by atomic mass is 10.1. The fourth-order valence-electron chi connectivity index (χ4n) is 4.32. The molecule has 0 saturated heterocycles. The molecule has 0 aliphatic heterocycles. The number of phosphoric ester groups is 1. The number of ether oxygens (including phenoxy) is 2. The first-order valence-electron chi connectivity index (χ1n) is 19.0. The van der Waals surface area contributed by atoms with Crippen molar-refractivity contribution < 1.29 is 42.1 Å². The second-order valence-electron chi connectivity index (χ2n) is 13.4. The maximum absolute atomic E-state index is 12.6. The highest BCUT2D eigenvalue weighted by molar-refractivity contribution is 7.45. The molecule has 0 saturated carbocycles. The van der Waals surface area contributed by atoms with Crippen molar-refractivity contribution in [3.05, 3.63) is 97.2 Å². The van der Waals surface area contributed by atoms with Crippen LogP contribution in [0.1, 0.15) is 104 Å². The van der Waals surface area contributed by atoms with Crippen LogP contribution in [0.4, 0.5) is 0 Å². The van der Waals surface area contributed by atoms with Crippen LogP contribution in [0.3, 0.4) is 0 Å². The number of hydrogen-bond acceptors (Lipinski definition) is 8. The minimum absolute atomic E-state index is 0.0494. The highest BCUT2D eigenvalue weighted by Crippen LogP contribution is 2.38. The minimum Gasteiger partial charge on any atom is -0.756 e. The van der Waals surface area contributed by atoms with Crippen molar-refractivity contribution in [2.24, 2.45) is 0 Å². The molecular weight excluding hydrogens is 677 g/mol. The molecule has 0 heterocycles. The molecule has 0 bridgehead atoms. The van der Waals surface area contributed by atoms with Crippen LogP contribution in [0.5, 0.6) is 0 Å². The Kier molecular flexibility index (Phi) is 31.8. The van der Waals surface area contributed by atoms with Gasteiger partial charge in [0.2, 0.25) is 0 Å². The number of phosphoric acid groups is 1. The van der Waals surface area contributed by atoms with Crippen LogP contribution in [0.25, 0.3) is 0 Å². The standard InChI is InChI=1S/C42H68NO8P/c1-6-8-10-12-14-16-18-20-21-23-24-26-28-30-32-34-41(44)48-38-40(39-50-52(46,47)49-37-36-43(3,4)5)51-42(45)35-33-31-29-27-25-22-19-17-15-13-11-9-7-2/h8-22,25,40H,6-7,23-24,26-39H2,1-5H3/b10-8+,11-9+,14-12+,15-13+,18-16+,19-17+,21-20+,25-22+. The molecule has 0 amide bonds. The summed E-state index contributed by atoms with van der Waals surface area (Å²) in [4.78, 5) is 37.3. The SMILES string of the molecule is CC/C=C/C=C/C=C/C=C/CCCCCCCC(=O)OCC(COP(=O)([O-])OCC[N+](C)(C)C)OC(=O)CCCCC/C=C/C=C/C=C/C=C/CC. The predicted octanol–water partition coefficient (Wildman–Crippen LogP) is 9.60. The maximum Gasteiger partial charge on any atom is 0.306 e. The number of hydrogen-bond donors (Lipinski definition) is 0. The molecule has 0 fully saturated rings.